The molecule has 0 fully saturated rings. The van der Waals surface area contributed by atoms with Gasteiger partial charge in [0.1, 0.15) is 5.69 Å². The van der Waals surface area contributed by atoms with E-state index in [1.165, 1.54) is 0 Å². The monoisotopic (exact) mass is 273 g/mol. The van der Waals surface area contributed by atoms with Crippen LogP contribution in [0.1, 0.15) is 43.2 Å². The summed E-state index contributed by atoms with van der Waals surface area (Å²) in [5, 5.41) is 0. The van der Waals surface area contributed by atoms with Gasteiger partial charge < -0.3 is 10.6 Å². The second-order valence-electron chi connectivity index (χ2n) is 4.76. The number of aromatic nitrogens is 1. The largest absolute Gasteiger partial charge is 0.337 e. The molecule has 0 saturated heterocycles. The Bertz CT molecular complexity index is 502. The van der Waals surface area contributed by atoms with Gasteiger partial charge in [0.25, 0.3) is 5.91 Å². The van der Waals surface area contributed by atoms with Crippen LogP contribution < -0.4 is 5.73 Å². The lowest BCUT2D eigenvalue weighted by Crippen LogP contribution is -2.35. The first-order chi connectivity index (χ1) is 9.63. The molecule has 0 aliphatic heterocycles. The molecule has 0 saturated carbocycles. The number of nitrogens with two attached hydrogens (primary N) is 1. The van der Waals surface area contributed by atoms with Gasteiger partial charge in [0.15, 0.2) is 0 Å². The fourth-order valence-corrected chi connectivity index (χ4v) is 1.83. The number of hydrogen-bond acceptors (Lipinski definition) is 3. The molecule has 1 heterocycles. The lowest BCUT2D eigenvalue weighted by atomic mass is 10.1. The average Bonchev–Trinajstić information content (AvgIpc) is 2.49. The number of amides is 1. The molecule has 108 valence electrons. The van der Waals surface area contributed by atoms with Crippen molar-refractivity contribution in [2.75, 3.05) is 19.6 Å². The average molecular weight is 273 g/mol. The number of nitrogens with zero attached hydrogens (tertiary/aromatic N) is 2. The first-order valence-corrected chi connectivity index (χ1v) is 7.07. The highest BCUT2D eigenvalue weighted by Crippen LogP contribution is 2.11. The van der Waals surface area contributed by atoms with E-state index >= 15 is 0 Å². The maximum absolute atomic E-state index is 12.6. The van der Waals surface area contributed by atoms with Crippen molar-refractivity contribution in [1.29, 1.82) is 0 Å². The predicted molar refractivity (Wildman–Crippen MR) is 81.2 cm³/mol. The Morgan fingerprint density at radius 3 is 2.85 bits per heavy atom. The van der Waals surface area contributed by atoms with Crippen LogP contribution in [-0.2, 0) is 0 Å². The third kappa shape index (κ3) is 4.36. The predicted octanol–water partition coefficient (Wildman–Crippen LogP) is 1.90. The van der Waals surface area contributed by atoms with Gasteiger partial charge in [-0.3, -0.25) is 4.79 Å². The van der Waals surface area contributed by atoms with Crippen LogP contribution in [0, 0.1) is 17.8 Å². The van der Waals surface area contributed by atoms with E-state index in [9.17, 15) is 4.79 Å². The first kappa shape index (κ1) is 16.2. The number of carbonyl (C=O) groups excluding carboxylic acids is 1. The summed E-state index contributed by atoms with van der Waals surface area (Å²) in [7, 11) is 0. The Balaban J connectivity index is 3.00. The van der Waals surface area contributed by atoms with Crippen LogP contribution in [0.15, 0.2) is 18.3 Å². The number of hydrogen-bond donors (Lipinski definition) is 1. The molecule has 2 N–H and O–H groups in total. The first-order valence-electron chi connectivity index (χ1n) is 7.07. The second-order valence-corrected chi connectivity index (χ2v) is 4.76. The summed E-state index contributed by atoms with van der Waals surface area (Å²) in [5.74, 6) is 6.10. The van der Waals surface area contributed by atoms with Crippen LogP contribution in [0.3, 0.4) is 0 Å². The third-order valence-electron chi connectivity index (χ3n) is 3.23. The van der Waals surface area contributed by atoms with E-state index in [-0.39, 0.29) is 12.5 Å². The van der Waals surface area contributed by atoms with Gasteiger partial charge in [0.05, 0.1) is 12.1 Å². The van der Waals surface area contributed by atoms with Crippen molar-refractivity contribution in [1.82, 2.24) is 9.88 Å². The molecule has 0 aromatic carbocycles. The molecular weight excluding hydrogens is 250 g/mol. The lowest BCUT2D eigenvalue weighted by Gasteiger charge is -2.24. The molecule has 4 nitrogen and oxygen atoms in total. The van der Waals surface area contributed by atoms with Crippen LogP contribution in [0.2, 0.25) is 0 Å². The highest BCUT2D eigenvalue weighted by molar-refractivity contribution is 5.94. The summed E-state index contributed by atoms with van der Waals surface area (Å²) in [6.07, 6.45) is 2.67. The molecule has 0 spiro atoms. The van der Waals surface area contributed by atoms with Gasteiger partial charge in [-0.25, -0.2) is 4.98 Å². The number of pyridine rings is 1. The molecule has 0 radical (unpaired) electrons. The smallest absolute Gasteiger partial charge is 0.273 e. The van der Waals surface area contributed by atoms with Gasteiger partial charge in [-0.05, 0) is 25.0 Å². The molecule has 0 bridgehead atoms. The lowest BCUT2D eigenvalue weighted by molar-refractivity contribution is 0.0734. The SMILES string of the molecule is CCC(C)CN(CC)C(=O)c1ncccc1C#CCN. The quantitative estimate of drug-likeness (QED) is 0.834. The molecule has 0 aliphatic carbocycles. The van der Waals surface area contributed by atoms with Gasteiger partial charge in [0, 0.05) is 19.3 Å². The fourth-order valence-electron chi connectivity index (χ4n) is 1.83. The van der Waals surface area contributed by atoms with Crippen LogP contribution in [-0.4, -0.2) is 35.4 Å². The minimum Gasteiger partial charge on any atom is -0.337 e. The molecule has 1 amide bonds. The summed E-state index contributed by atoms with van der Waals surface area (Å²) in [6.45, 7) is 7.93. The van der Waals surface area contributed by atoms with Crippen LogP contribution in [0.5, 0.6) is 0 Å². The van der Waals surface area contributed by atoms with E-state index in [2.05, 4.69) is 30.7 Å². The molecule has 4 heteroatoms. The van der Waals surface area contributed by atoms with E-state index in [0.29, 0.717) is 23.7 Å². The van der Waals surface area contributed by atoms with Crippen molar-refractivity contribution < 1.29 is 4.79 Å². The van der Waals surface area contributed by atoms with Gasteiger partial charge in [-0.2, -0.15) is 0 Å². The maximum Gasteiger partial charge on any atom is 0.273 e. The Morgan fingerprint density at radius 2 is 2.25 bits per heavy atom. The molecule has 1 aromatic heterocycles. The molecule has 1 rings (SSSR count). The minimum absolute atomic E-state index is 0.0604. The van der Waals surface area contributed by atoms with Crippen molar-refractivity contribution in [3.05, 3.63) is 29.6 Å². The highest BCUT2D eigenvalue weighted by atomic mass is 16.2. The zero-order chi connectivity index (χ0) is 15.0. The molecular formula is C16H23N3O. The van der Waals surface area contributed by atoms with E-state index in [4.69, 9.17) is 5.73 Å². The van der Waals surface area contributed by atoms with Crippen molar-refractivity contribution >= 4 is 5.91 Å². The second kappa shape index (κ2) is 8.34. The van der Waals surface area contributed by atoms with E-state index in [1.807, 2.05) is 11.8 Å². The summed E-state index contributed by atoms with van der Waals surface area (Å²) in [5.41, 5.74) is 6.44. The van der Waals surface area contributed by atoms with Crippen molar-refractivity contribution in [3.8, 4) is 11.8 Å². The van der Waals surface area contributed by atoms with Crippen LogP contribution >= 0.6 is 0 Å². The van der Waals surface area contributed by atoms with E-state index in [1.54, 1.807) is 18.3 Å². The summed E-state index contributed by atoms with van der Waals surface area (Å²) >= 11 is 0. The maximum atomic E-state index is 12.6. The van der Waals surface area contributed by atoms with Crippen molar-refractivity contribution in [3.63, 3.8) is 0 Å². The molecule has 20 heavy (non-hydrogen) atoms. The zero-order valence-corrected chi connectivity index (χ0v) is 12.5. The normalized spacial score (nSPS) is 11.4. The summed E-state index contributed by atoms with van der Waals surface area (Å²) in [4.78, 5) is 18.6. The number of carbonyl (C=O) groups is 1. The van der Waals surface area contributed by atoms with Gasteiger partial charge in [-0.15, -0.1) is 0 Å². The third-order valence-corrected chi connectivity index (χ3v) is 3.23. The van der Waals surface area contributed by atoms with Gasteiger partial charge in [-0.1, -0.05) is 32.1 Å². The summed E-state index contributed by atoms with van der Waals surface area (Å²) in [6, 6.07) is 3.59. The Hall–Kier alpha value is -1.86. The highest BCUT2D eigenvalue weighted by Gasteiger charge is 2.19. The number of rotatable bonds is 5. The van der Waals surface area contributed by atoms with Crippen LogP contribution in [0.25, 0.3) is 0 Å². The van der Waals surface area contributed by atoms with Gasteiger partial charge >= 0.3 is 0 Å². The van der Waals surface area contributed by atoms with Crippen LogP contribution in [0.4, 0.5) is 0 Å². The van der Waals surface area contributed by atoms with E-state index in [0.717, 1.165) is 13.0 Å². The molecule has 1 atom stereocenters. The molecule has 1 aromatic rings. The van der Waals surface area contributed by atoms with Gasteiger partial charge in [0.2, 0.25) is 0 Å². The minimum atomic E-state index is -0.0604. The molecule has 0 aliphatic rings. The zero-order valence-electron chi connectivity index (χ0n) is 12.5. The van der Waals surface area contributed by atoms with Crippen molar-refractivity contribution in [2.45, 2.75) is 27.2 Å². The topological polar surface area (TPSA) is 59.2 Å². The standard InChI is InChI=1S/C16H23N3O/c1-4-13(3)12-19(5-2)16(20)15-14(8-6-10-17)9-7-11-18-15/h7,9,11,13H,4-5,10,12,17H2,1-3H3. The van der Waals surface area contributed by atoms with E-state index < -0.39 is 0 Å². The summed E-state index contributed by atoms with van der Waals surface area (Å²) < 4.78 is 0. The Labute approximate surface area is 121 Å². The Kier molecular flexibility index (Phi) is 6.75. The van der Waals surface area contributed by atoms with Crippen molar-refractivity contribution in [2.24, 2.45) is 11.7 Å². The Morgan fingerprint density at radius 1 is 1.50 bits per heavy atom. The fraction of sp³-hybridized carbons (Fsp3) is 0.500. The molecule has 1 unspecified atom stereocenters.